The number of benzene rings is 1. The van der Waals surface area contributed by atoms with Gasteiger partial charge in [0.25, 0.3) is 0 Å². The van der Waals surface area contributed by atoms with Gasteiger partial charge in [0, 0.05) is 39.1 Å². The van der Waals surface area contributed by atoms with Crippen LogP contribution in [-0.4, -0.2) is 55.0 Å². The predicted octanol–water partition coefficient (Wildman–Crippen LogP) is 1.33. The van der Waals surface area contributed by atoms with Crippen molar-refractivity contribution in [2.75, 3.05) is 19.6 Å². The van der Waals surface area contributed by atoms with Crippen molar-refractivity contribution < 1.29 is 4.79 Å². The van der Waals surface area contributed by atoms with E-state index < -0.39 is 0 Å². The van der Waals surface area contributed by atoms with E-state index in [0.29, 0.717) is 18.8 Å². The second-order valence-electron chi connectivity index (χ2n) is 7.25. The van der Waals surface area contributed by atoms with Crippen molar-refractivity contribution in [3.05, 3.63) is 59.4 Å². The van der Waals surface area contributed by atoms with E-state index in [0.717, 1.165) is 23.8 Å². The summed E-state index contributed by atoms with van der Waals surface area (Å²) in [4.78, 5) is 19.5. The number of rotatable bonds is 4. The van der Waals surface area contributed by atoms with Crippen LogP contribution in [0.2, 0.25) is 0 Å². The van der Waals surface area contributed by atoms with Gasteiger partial charge in [-0.05, 0) is 26.0 Å². The van der Waals surface area contributed by atoms with Crippen LogP contribution in [-0.2, 0) is 18.3 Å². The first-order valence-corrected chi connectivity index (χ1v) is 9.50. The number of amides is 1. The summed E-state index contributed by atoms with van der Waals surface area (Å²) in [5.74, 6) is 0.939. The molecule has 1 N–H and O–H groups in total. The van der Waals surface area contributed by atoms with Crippen LogP contribution in [0.5, 0.6) is 0 Å². The number of carbonyl (C=O) groups excluding carboxylic acids is 1. The summed E-state index contributed by atoms with van der Waals surface area (Å²) < 4.78 is 3.76. The minimum absolute atomic E-state index is 0.0496. The van der Waals surface area contributed by atoms with Crippen molar-refractivity contribution in [2.24, 2.45) is 7.05 Å². The molecule has 0 bridgehead atoms. The Balaban J connectivity index is 1.54. The van der Waals surface area contributed by atoms with Crippen molar-refractivity contribution in [2.45, 2.75) is 26.3 Å². The minimum atomic E-state index is -0.0753. The summed E-state index contributed by atoms with van der Waals surface area (Å²) in [6.45, 7) is 6.14. The number of nitrogens with zero attached hydrogens (tertiary/aromatic N) is 6. The van der Waals surface area contributed by atoms with Crippen molar-refractivity contribution in [3.8, 4) is 5.69 Å². The summed E-state index contributed by atoms with van der Waals surface area (Å²) >= 11 is 0. The zero-order valence-electron chi connectivity index (χ0n) is 16.5. The Bertz CT molecular complexity index is 973. The number of piperazine rings is 1. The molecule has 1 atom stereocenters. The predicted molar refractivity (Wildman–Crippen MR) is 105 cm³/mol. The van der Waals surface area contributed by atoms with Crippen LogP contribution in [0.15, 0.2) is 36.7 Å². The van der Waals surface area contributed by atoms with Crippen LogP contribution >= 0.6 is 0 Å². The van der Waals surface area contributed by atoms with Crippen molar-refractivity contribution in [1.82, 2.24) is 34.8 Å². The largest absolute Gasteiger partial charge is 0.336 e. The first-order valence-electron chi connectivity index (χ1n) is 9.50. The highest BCUT2D eigenvalue weighted by Gasteiger charge is 2.31. The second kappa shape index (κ2) is 7.55. The zero-order valence-corrected chi connectivity index (χ0v) is 16.5. The van der Waals surface area contributed by atoms with Gasteiger partial charge < -0.3 is 14.8 Å². The molecule has 0 radical (unpaired) electrons. The van der Waals surface area contributed by atoms with Crippen LogP contribution in [0.4, 0.5) is 0 Å². The van der Waals surface area contributed by atoms with Crippen LogP contribution in [0.3, 0.4) is 0 Å². The maximum absolute atomic E-state index is 13.1. The molecule has 1 aliphatic rings. The van der Waals surface area contributed by atoms with E-state index in [1.807, 2.05) is 60.8 Å². The van der Waals surface area contributed by atoms with Gasteiger partial charge in [0.2, 0.25) is 5.91 Å². The van der Waals surface area contributed by atoms with Gasteiger partial charge in [0.05, 0.1) is 23.5 Å². The van der Waals surface area contributed by atoms with Gasteiger partial charge >= 0.3 is 0 Å². The zero-order chi connectivity index (χ0) is 19.7. The molecule has 1 aromatic carbocycles. The number of carbonyl (C=O) groups is 1. The molecule has 3 heterocycles. The maximum atomic E-state index is 13.1. The van der Waals surface area contributed by atoms with Crippen molar-refractivity contribution >= 4 is 5.91 Å². The van der Waals surface area contributed by atoms with Crippen LogP contribution in [0.1, 0.15) is 28.8 Å². The molecule has 8 nitrogen and oxygen atoms in total. The molecule has 8 heteroatoms. The monoisotopic (exact) mass is 379 g/mol. The van der Waals surface area contributed by atoms with Gasteiger partial charge in [0.15, 0.2) is 0 Å². The SMILES string of the molecule is Cc1ccc(-n2nnc(CC(=O)N3CCNCC3c3nccn3C)c2C)cc1. The van der Waals surface area contributed by atoms with Crippen molar-refractivity contribution in [3.63, 3.8) is 0 Å². The third-order valence-electron chi connectivity index (χ3n) is 5.31. The van der Waals surface area contributed by atoms with E-state index in [1.54, 1.807) is 10.9 Å². The molecule has 1 aliphatic heterocycles. The number of hydrogen-bond donors (Lipinski definition) is 1. The summed E-state index contributed by atoms with van der Waals surface area (Å²) in [5, 5.41) is 11.9. The second-order valence-corrected chi connectivity index (χ2v) is 7.25. The molecule has 0 saturated carbocycles. The van der Waals surface area contributed by atoms with Gasteiger partial charge in [-0.25, -0.2) is 9.67 Å². The maximum Gasteiger partial charge on any atom is 0.229 e. The third-order valence-corrected chi connectivity index (χ3v) is 5.31. The summed E-state index contributed by atoms with van der Waals surface area (Å²) in [5.41, 5.74) is 3.74. The molecular formula is C20H25N7O. The molecule has 1 unspecified atom stereocenters. The Morgan fingerprint density at radius 1 is 1.25 bits per heavy atom. The molecule has 0 spiro atoms. The Labute approximate surface area is 164 Å². The lowest BCUT2D eigenvalue weighted by Crippen LogP contribution is -2.50. The average Bonchev–Trinajstić information content (AvgIpc) is 3.28. The van der Waals surface area contributed by atoms with Gasteiger partial charge in [-0.15, -0.1) is 5.10 Å². The number of imidazole rings is 1. The quantitative estimate of drug-likeness (QED) is 0.740. The highest BCUT2D eigenvalue weighted by atomic mass is 16.2. The molecule has 0 aliphatic carbocycles. The van der Waals surface area contributed by atoms with Gasteiger partial charge in [-0.1, -0.05) is 22.9 Å². The highest BCUT2D eigenvalue weighted by molar-refractivity contribution is 5.79. The average molecular weight is 379 g/mol. The van der Waals surface area contributed by atoms with E-state index >= 15 is 0 Å². The van der Waals surface area contributed by atoms with Crippen LogP contribution < -0.4 is 5.32 Å². The molecular weight excluding hydrogens is 354 g/mol. The Kier molecular flexibility index (Phi) is 4.95. The van der Waals surface area contributed by atoms with Crippen LogP contribution in [0.25, 0.3) is 5.69 Å². The molecule has 1 fully saturated rings. The summed E-state index contributed by atoms with van der Waals surface area (Å²) in [6.07, 6.45) is 3.91. The fourth-order valence-electron chi connectivity index (χ4n) is 3.63. The molecule has 28 heavy (non-hydrogen) atoms. The lowest BCUT2D eigenvalue weighted by atomic mass is 10.1. The normalized spacial score (nSPS) is 17.1. The fraction of sp³-hybridized carbons (Fsp3) is 0.400. The first-order chi connectivity index (χ1) is 13.5. The Morgan fingerprint density at radius 2 is 2.04 bits per heavy atom. The molecule has 146 valence electrons. The van der Waals surface area contributed by atoms with Crippen LogP contribution in [0, 0.1) is 13.8 Å². The molecule has 4 rings (SSSR count). The van der Waals surface area contributed by atoms with Gasteiger partial charge in [0.1, 0.15) is 11.9 Å². The van der Waals surface area contributed by atoms with E-state index in [4.69, 9.17) is 0 Å². The molecule has 1 saturated heterocycles. The highest BCUT2D eigenvalue weighted by Crippen LogP contribution is 2.22. The number of nitrogens with one attached hydrogen (secondary N) is 1. The number of hydrogen-bond acceptors (Lipinski definition) is 5. The topological polar surface area (TPSA) is 80.9 Å². The van der Waals surface area contributed by atoms with E-state index in [2.05, 4.69) is 20.6 Å². The standard InChI is InChI=1S/C20H25N7O/c1-14-4-6-16(7-5-14)27-15(2)17(23-24-27)12-19(28)26-11-8-21-13-18(26)20-22-9-10-25(20)3/h4-7,9-10,18,21H,8,11-13H2,1-3H3. The summed E-state index contributed by atoms with van der Waals surface area (Å²) in [7, 11) is 1.96. The van der Waals surface area contributed by atoms with Crippen molar-refractivity contribution in [1.29, 1.82) is 0 Å². The van der Waals surface area contributed by atoms with E-state index in [9.17, 15) is 4.79 Å². The molecule has 3 aromatic rings. The van der Waals surface area contributed by atoms with E-state index in [-0.39, 0.29) is 18.4 Å². The number of aromatic nitrogens is 5. The lowest BCUT2D eigenvalue weighted by molar-refractivity contribution is -0.134. The number of aryl methyl sites for hydroxylation is 2. The smallest absolute Gasteiger partial charge is 0.229 e. The van der Waals surface area contributed by atoms with Gasteiger partial charge in [-0.2, -0.15) is 0 Å². The first kappa shape index (κ1) is 18.4. The van der Waals surface area contributed by atoms with E-state index in [1.165, 1.54) is 5.56 Å². The molecule has 1 amide bonds. The minimum Gasteiger partial charge on any atom is -0.336 e. The Morgan fingerprint density at radius 3 is 2.75 bits per heavy atom. The molecule has 2 aromatic heterocycles. The van der Waals surface area contributed by atoms with Gasteiger partial charge in [-0.3, -0.25) is 4.79 Å². The lowest BCUT2D eigenvalue weighted by Gasteiger charge is -2.35. The summed E-state index contributed by atoms with van der Waals surface area (Å²) in [6, 6.07) is 8.03. The fourth-order valence-corrected chi connectivity index (χ4v) is 3.63. The Hall–Kier alpha value is -3.00. The third kappa shape index (κ3) is 3.43.